The minimum atomic E-state index is -3.57. The predicted octanol–water partition coefficient (Wildman–Crippen LogP) is 3.95. The first-order chi connectivity index (χ1) is 14.2. The summed E-state index contributed by atoms with van der Waals surface area (Å²) in [4.78, 5) is 12.7. The van der Waals surface area contributed by atoms with Crippen molar-refractivity contribution >= 4 is 37.5 Å². The average molecular weight is 497 g/mol. The lowest BCUT2D eigenvalue weighted by atomic mass is 10.2. The molecule has 162 valence electrons. The monoisotopic (exact) mass is 496 g/mol. The lowest BCUT2D eigenvalue weighted by Crippen LogP contribution is -2.30. The van der Waals surface area contributed by atoms with Crippen molar-refractivity contribution < 1.29 is 22.7 Å². The zero-order valence-electron chi connectivity index (χ0n) is 16.9. The standard InChI is InChI=1S/C21H25BrN2O5S/c1-14(2)24-30(26,27)18-8-6-16(7-9-18)23-21(25)15-5-10-20(19(22)12-15)29-13-17-4-3-11-28-17/h5-10,12,14,17,24H,3-4,11,13H2,1-2H3,(H,23,25). The third-order valence-corrected chi connectivity index (χ3v) is 6.75. The van der Waals surface area contributed by atoms with Crippen molar-refractivity contribution in [2.24, 2.45) is 0 Å². The molecule has 30 heavy (non-hydrogen) atoms. The first-order valence-corrected chi connectivity index (χ1v) is 12.0. The number of carbonyl (C=O) groups excluding carboxylic acids is 1. The molecule has 0 radical (unpaired) electrons. The zero-order chi connectivity index (χ0) is 21.7. The van der Waals surface area contributed by atoms with Crippen molar-refractivity contribution in [3.05, 3.63) is 52.5 Å². The molecular weight excluding hydrogens is 472 g/mol. The van der Waals surface area contributed by atoms with Crippen LogP contribution >= 0.6 is 15.9 Å². The van der Waals surface area contributed by atoms with E-state index in [9.17, 15) is 13.2 Å². The number of hydrogen-bond donors (Lipinski definition) is 2. The summed E-state index contributed by atoms with van der Waals surface area (Å²) in [5.41, 5.74) is 0.947. The topological polar surface area (TPSA) is 93.7 Å². The Morgan fingerprint density at radius 3 is 2.57 bits per heavy atom. The fourth-order valence-corrected chi connectivity index (χ4v) is 4.76. The second-order valence-electron chi connectivity index (χ2n) is 7.35. The van der Waals surface area contributed by atoms with E-state index in [2.05, 4.69) is 26.0 Å². The Bertz CT molecular complexity index is 987. The second kappa shape index (κ2) is 9.91. The van der Waals surface area contributed by atoms with E-state index in [1.54, 1.807) is 44.2 Å². The van der Waals surface area contributed by atoms with E-state index in [4.69, 9.17) is 9.47 Å². The number of sulfonamides is 1. The van der Waals surface area contributed by atoms with Crippen LogP contribution in [0, 0.1) is 0 Å². The van der Waals surface area contributed by atoms with E-state index in [0.717, 1.165) is 19.4 Å². The summed E-state index contributed by atoms with van der Waals surface area (Å²) in [6.45, 7) is 4.76. The molecule has 1 atom stereocenters. The van der Waals surface area contributed by atoms with Crippen molar-refractivity contribution in [2.45, 2.75) is 43.7 Å². The maximum atomic E-state index is 12.5. The van der Waals surface area contributed by atoms with Crippen LogP contribution in [0.1, 0.15) is 37.0 Å². The number of hydrogen-bond acceptors (Lipinski definition) is 5. The Hall–Kier alpha value is -1.94. The summed E-state index contributed by atoms with van der Waals surface area (Å²) in [5, 5.41) is 2.77. The van der Waals surface area contributed by atoms with Crippen LogP contribution < -0.4 is 14.8 Å². The van der Waals surface area contributed by atoms with Gasteiger partial charge in [-0.15, -0.1) is 0 Å². The predicted molar refractivity (Wildman–Crippen MR) is 118 cm³/mol. The van der Waals surface area contributed by atoms with Crippen molar-refractivity contribution in [3.8, 4) is 5.75 Å². The third kappa shape index (κ3) is 6.04. The van der Waals surface area contributed by atoms with Gasteiger partial charge in [0.15, 0.2) is 0 Å². The molecule has 3 rings (SSSR count). The number of benzene rings is 2. The van der Waals surface area contributed by atoms with Gasteiger partial charge < -0.3 is 14.8 Å². The lowest BCUT2D eigenvalue weighted by Gasteiger charge is -2.13. The van der Waals surface area contributed by atoms with Crippen LogP contribution in [-0.2, 0) is 14.8 Å². The molecule has 1 saturated heterocycles. The highest BCUT2D eigenvalue weighted by atomic mass is 79.9. The van der Waals surface area contributed by atoms with Gasteiger partial charge in [-0.1, -0.05) is 0 Å². The van der Waals surface area contributed by atoms with E-state index in [1.165, 1.54) is 12.1 Å². The number of carbonyl (C=O) groups is 1. The Morgan fingerprint density at radius 1 is 1.23 bits per heavy atom. The van der Waals surface area contributed by atoms with Gasteiger partial charge >= 0.3 is 0 Å². The Balaban J connectivity index is 1.62. The third-order valence-electron chi connectivity index (χ3n) is 4.46. The summed E-state index contributed by atoms with van der Waals surface area (Å²) in [7, 11) is -3.57. The average Bonchev–Trinajstić information content (AvgIpc) is 3.20. The molecule has 2 aromatic carbocycles. The van der Waals surface area contributed by atoms with Crippen LogP contribution in [0.5, 0.6) is 5.75 Å². The first-order valence-electron chi connectivity index (χ1n) is 9.72. The number of nitrogens with one attached hydrogen (secondary N) is 2. The molecule has 1 heterocycles. The van der Waals surface area contributed by atoms with Gasteiger partial charge in [0, 0.05) is 23.9 Å². The highest BCUT2D eigenvalue weighted by Gasteiger charge is 2.18. The molecule has 2 N–H and O–H groups in total. The number of halogens is 1. The van der Waals surface area contributed by atoms with Gasteiger partial charge in [0.1, 0.15) is 12.4 Å². The summed E-state index contributed by atoms with van der Waals surface area (Å²) in [5.74, 6) is 0.339. The van der Waals surface area contributed by atoms with Crippen LogP contribution in [0.25, 0.3) is 0 Å². The van der Waals surface area contributed by atoms with Crippen LogP contribution in [-0.4, -0.2) is 39.7 Å². The number of anilines is 1. The van der Waals surface area contributed by atoms with Crippen LogP contribution in [0.15, 0.2) is 51.8 Å². The molecule has 2 aromatic rings. The smallest absolute Gasteiger partial charge is 0.255 e. The van der Waals surface area contributed by atoms with Crippen LogP contribution in [0.2, 0.25) is 0 Å². The van der Waals surface area contributed by atoms with Gasteiger partial charge in [0.25, 0.3) is 5.91 Å². The van der Waals surface area contributed by atoms with Gasteiger partial charge in [-0.25, -0.2) is 13.1 Å². The van der Waals surface area contributed by atoms with E-state index < -0.39 is 10.0 Å². The molecule has 1 unspecified atom stereocenters. The highest BCUT2D eigenvalue weighted by Crippen LogP contribution is 2.27. The summed E-state index contributed by atoms with van der Waals surface area (Å²) < 4.78 is 38.9. The van der Waals surface area contributed by atoms with E-state index in [-0.39, 0.29) is 22.9 Å². The van der Waals surface area contributed by atoms with Crippen molar-refractivity contribution in [1.29, 1.82) is 0 Å². The van der Waals surface area contributed by atoms with Crippen LogP contribution in [0.4, 0.5) is 5.69 Å². The molecule has 0 bridgehead atoms. The molecule has 1 aliphatic rings. The van der Waals surface area contributed by atoms with E-state index in [1.807, 2.05) is 0 Å². The molecule has 9 heteroatoms. The van der Waals surface area contributed by atoms with E-state index >= 15 is 0 Å². The normalized spacial score (nSPS) is 16.6. The molecule has 0 saturated carbocycles. The fraction of sp³-hybridized carbons (Fsp3) is 0.381. The van der Waals surface area contributed by atoms with Gasteiger partial charge in [-0.05, 0) is 85.1 Å². The van der Waals surface area contributed by atoms with Crippen LogP contribution in [0.3, 0.4) is 0 Å². The minimum Gasteiger partial charge on any atom is -0.490 e. The largest absolute Gasteiger partial charge is 0.490 e. The summed E-state index contributed by atoms with van der Waals surface area (Å²) >= 11 is 3.44. The quantitative estimate of drug-likeness (QED) is 0.576. The Labute approximate surface area is 185 Å². The maximum Gasteiger partial charge on any atom is 0.255 e. The van der Waals surface area contributed by atoms with Gasteiger partial charge in [0.05, 0.1) is 15.5 Å². The highest BCUT2D eigenvalue weighted by molar-refractivity contribution is 9.10. The van der Waals surface area contributed by atoms with Gasteiger partial charge in [-0.3, -0.25) is 4.79 Å². The van der Waals surface area contributed by atoms with Crippen molar-refractivity contribution in [1.82, 2.24) is 4.72 Å². The number of amides is 1. The maximum absolute atomic E-state index is 12.5. The molecule has 1 amide bonds. The Morgan fingerprint density at radius 2 is 1.97 bits per heavy atom. The van der Waals surface area contributed by atoms with Gasteiger partial charge in [0.2, 0.25) is 10.0 Å². The number of ether oxygens (including phenoxy) is 2. The minimum absolute atomic E-state index is 0.113. The SMILES string of the molecule is CC(C)NS(=O)(=O)c1ccc(NC(=O)c2ccc(OCC3CCCO3)c(Br)c2)cc1. The Kier molecular flexibility index (Phi) is 7.51. The summed E-state index contributed by atoms with van der Waals surface area (Å²) in [6, 6.07) is 10.9. The van der Waals surface area contributed by atoms with Gasteiger partial charge in [-0.2, -0.15) is 0 Å². The first kappa shape index (κ1) is 22.7. The molecule has 7 nitrogen and oxygen atoms in total. The second-order valence-corrected chi connectivity index (χ2v) is 9.91. The summed E-state index contributed by atoms with van der Waals surface area (Å²) in [6.07, 6.45) is 2.16. The number of rotatable bonds is 8. The molecule has 0 spiro atoms. The molecule has 1 aliphatic heterocycles. The zero-order valence-corrected chi connectivity index (χ0v) is 19.3. The fourth-order valence-electron chi connectivity index (χ4n) is 3.02. The molecule has 0 aliphatic carbocycles. The van der Waals surface area contributed by atoms with Crippen molar-refractivity contribution in [3.63, 3.8) is 0 Å². The molecule has 0 aromatic heterocycles. The molecule has 1 fully saturated rings. The van der Waals surface area contributed by atoms with Crippen molar-refractivity contribution in [2.75, 3.05) is 18.5 Å². The lowest BCUT2D eigenvalue weighted by molar-refractivity contribution is 0.0677. The van der Waals surface area contributed by atoms with E-state index in [0.29, 0.717) is 28.1 Å². The molecular formula is C21H25BrN2O5S.